The van der Waals surface area contributed by atoms with Gasteiger partial charge in [0.25, 0.3) is 0 Å². The van der Waals surface area contributed by atoms with Gasteiger partial charge >= 0.3 is 0 Å². The first kappa shape index (κ1) is 10.9. The van der Waals surface area contributed by atoms with Gasteiger partial charge < -0.3 is 10.1 Å². The van der Waals surface area contributed by atoms with E-state index >= 15 is 0 Å². The number of nitrogens with one attached hydrogen (secondary N) is 1. The fourth-order valence-corrected chi connectivity index (χ4v) is 2.34. The van der Waals surface area contributed by atoms with Crippen molar-refractivity contribution in [3.63, 3.8) is 0 Å². The maximum Gasteiger partial charge on any atom is 0.0509 e. The van der Waals surface area contributed by atoms with Gasteiger partial charge in [-0.2, -0.15) is 0 Å². The van der Waals surface area contributed by atoms with Crippen LogP contribution >= 0.6 is 15.9 Å². The summed E-state index contributed by atoms with van der Waals surface area (Å²) < 4.78 is 5.94. The topological polar surface area (TPSA) is 21.3 Å². The Bertz CT molecular complexity index is 188. The third kappa shape index (κ3) is 2.94. The molecule has 1 aliphatic heterocycles. The Morgan fingerprint density at radius 3 is 2.93 bits per heavy atom. The third-order valence-electron chi connectivity index (χ3n) is 3.44. The summed E-state index contributed by atoms with van der Waals surface area (Å²) in [4.78, 5) is 0. The smallest absolute Gasteiger partial charge is 0.0509 e. The first-order valence-electron chi connectivity index (χ1n) is 5.70. The van der Waals surface area contributed by atoms with Crippen LogP contribution in [0.1, 0.15) is 32.6 Å². The quantitative estimate of drug-likeness (QED) is 0.785. The summed E-state index contributed by atoms with van der Waals surface area (Å²) in [7, 11) is 0. The molecule has 1 saturated carbocycles. The van der Waals surface area contributed by atoms with E-state index in [0.29, 0.717) is 10.4 Å². The van der Waals surface area contributed by atoms with E-state index < -0.39 is 0 Å². The van der Waals surface area contributed by atoms with Crippen molar-refractivity contribution in [1.29, 1.82) is 0 Å². The SMILES string of the molecule is C[C@@H](NCC1(Br)CC1)[C@@H]1CCCOC1. The minimum atomic E-state index is 0.441. The molecule has 0 unspecified atom stereocenters. The molecule has 3 heteroatoms. The van der Waals surface area contributed by atoms with E-state index in [-0.39, 0.29) is 0 Å². The highest BCUT2D eigenvalue weighted by Crippen LogP contribution is 2.43. The molecule has 1 N–H and O–H groups in total. The van der Waals surface area contributed by atoms with E-state index in [4.69, 9.17) is 4.74 Å². The van der Waals surface area contributed by atoms with Crippen LogP contribution in [0, 0.1) is 5.92 Å². The van der Waals surface area contributed by atoms with Gasteiger partial charge in [-0.05, 0) is 38.5 Å². The van der Waals surface area contributed by atoms with E-state index in [9.17, 15) is 0 Å². The number of hydrogen-bond donors (Lipinski definition) is 1. The van der Waals surface area contributed by atoms with Crippen molar-refractivity contribution in [3.05, 3.63) is 0 Å². The molecule has 2 rings (SSSR count). The molecular weight excluding hydrogens is 242 g/mol. The molecule has 0 aromatic rings. The second-order valence-electron chi connectivity index (χ2n) is 4.80. The molecule has 14 heavy (non-hydrogen) atoms. The van der Waals surface area contributed by atoms with Gasteiger partial charge in [0.1, 0.15) is 0 Å². The minimum absolute atomic E-state index is 0.441. The Kier molecular flexibility index (Phi) is 3.50. The Labute approximate surface area is 94.9 Å². The number of alkyl halides is 1. The molecule has 0 bridgehead atoms. The van der Waals surface area contributed by atoms with Crippen molar-refractivity contribution in [2.24, 2.45) is 5.92 Å². The van der Waals surface area contributed by atoms with Crippen LogP contribution in [-0.4, -0.2) is 30.1 Å². The molecule has 1 aliphatic carbocycles. The molecule has 82 valence electrons. The van der Waals surface area contributed by atoms with E-state index in [1.807, 2.05) is 0 Å². The highest BCUT2D eigenvalue weighted by Gasteiger charge is 2.39. The Balaban J connectivity index is 1.68. The lowest BCUT2D eigenvalue weighted by Crippen LogP contribution is -2.40. The lowest BCUT2D eigenvalue weighted by atomic mass is 9.95. The van der Waals surface area contributed by atoms with E-state index in [0.717, 1.165) is 25.7 Å². The minimum Gasteiger partial charge on any atom is -0.381 e. The molecule has 2 atom stereocenters. The number of hydrogen-bond acceptors (Lipinski definition) is 2. The lowest BCUT2D eigenvalue weighted by Gasteiger charge is -2.29. The average Bonchev–Trinajstić information content (AvgIpc) is 2.95. The van der Waals surface area contributed by atoms with Crippen LogP contribution in [-0.2, 0) is 4.74 Å². The average molecular weight is 262 g/mol. The zero-order valence-corrected chi connectivity index (χ0v) is 10.5. The van der Waals surface area contributed by atoms with Crippen molar-refractivity contribution in [3.8, 4) is 0 Å². The van der Waals surface area contributed by atoms with Crippen LogP contribution in [0.3, 0.4) is 0 Å². The zero-order chi connectivity index (χ0) is 10.0. The predicted molar refractivity (Wildman–Crippen MR) is 61.9 cm³/mol. The van der Waals surface area contributed by atoms with Gasteiger partial charge in [-0.25, -0.2) is 0 Å². The fourth-order valence-electron chi connectivity index (χ4n) is 1.98. The van der Waals surface area contributed by atoms with E-state index in [1.54, 1.807) is 0 Å². The van der Waals surface area contributed by atoms with Crippen LogP contribution in [0.4, 0.5) is 0 Å². The molecule has 0 spiro atoms. The largest absolute Gasteiger partial charge is 0.381 e. The molecule has 0 radical (unpaired) electrons. The maximum absolute atomic E-state index is 5.50. The first-order valence-corrected chi connectivity index (χ1v) is 6.49. The summed E-state index contributed by atoms with van der Waals surface area (Å²) in [6, 6.07) is 0.602. The van der Waals surface area contributed by atoms with Crippen LogP contribution in [0.25, 0.3) is 0 Å². The van der Waals surface area contributed by atoms with Gasteiger partial charge in [-0.1, -0.05) is 15.9 Å². The normalized spacial score (nSPS) is 32.6. The van der Waals surface area contributed by atoms with E-state index in [2.05, 4.69) is 28.2 Å². The number of halogens is 1. The van der Waals surface area contributed by atoms with Crippen LogP contribution in [0.15, 0.2) is 0 Å². The van der Waals surface area contributed by atoms with Gasteiger partial charge in [-0.3, -0.25) is 0 Å². The Morgan fingerprint density at radius 2 is 2.36 bits per heavy atom. The second kappa shape index (κ2) is 4.50. The van der Waals surface area contributed by atoms with Gasteiger partial charge in [0.15, 0.2) is 0 Å². The molecule has 2 aliphatic rings. The number of ether oxygens (including phenoxy) is 1. The first-order chi connectivity index (χ1) is 6.70. The van der Waals surface area contributed by atoms with Gasteiger partial charge in [0, 0.05) is 23.5 Å². The fraction of sp³-hybridized carbons (Fsp3) is 1.00. The Morgan fingerprint density at radius 1 is 1.57 bits per heavy atom. The van der Waals surface area contributed by atoms with Crippen LogP contribution in [0.5, 0.6) is 0 Å². The molecule has 0 aromatic carbocycles. The Hall–Kier alpha value is 0.400. The van der Waals surface area contributed by atoms with Crippen LogP contribution in [0.2, 0.25) is 0 Å². The molecule has 1 saturated heterocycles. The molecule has 0 amide bonds. The second-order valence-corrected chi connectivity index (χ2v) is 6.48. The van der Waals surface area contributed by atoms with Crippen LogP contribution < -0.4 is 5.32 Å². The van der Waals surface area contributed by atoms with E-state index in [1.165, 1.54) is 25.7 Å². The van der Waals surface area contributed by atoms with Crippen molar-refractivity contribution in [2.75, 3.05) is 19.8 Å². The monoisotopic (exact) mass is 261 g/mol. The van der Waals surface area contributed by atoms with Crippen molar-refractivity contribution in [1.82, 2.24) is 5.32 Å². The highest BCUT2D eigenvalue weighted by atomic mass is 79.9. The van der Waals surface area contributed by atoms with Crippen molar-refractivity contribution >= 4 is 15.9 Å². The molecule has 1 heterocycles. The molecular formula is C11H20BrNO. The predicted octanol–water partition coefficient (Wildman–Crippen LogP) is 2.32. The summed E-state index contributed by atoms with van der Waals surface area (Å²) in [5.74, 6) is 0.721. The molecule has 0 aromatic heterocycles. The van der Waals surface area contributed by atoms with Gasteiger partial charge in [0.2, 0.25) is 0 Å². The lowest BCUT2D eigenvalue weighted by molar-refractivity contribution is 0.0420. The summed E-state index contributed by atoms with van der Waals surface area (Å²) in [6.45, 7) is 5.32. The van der Waals surface area contributed by atoms with Crippen molar-refractivity contribution in [2.45, 2.75) is 43.0 Å². The van der Waals surface area contributed by atoms with Gasteiger partial charge in [0.05, 0.1) is 6.61 Å². The summed E-state index contributed by atoms with van der Waals surface area (Å²) >= 11 is 3.75. The summed E-state index contributed by atoms with van der Waals surface area (Å²) in [5.41, 5.74) is 0. The summed E-state index contributed by atoms with van der Waals surface area (Å²) in [5, 5.41) is 3.63. The maximum atomic E-state index is 5.50. The van der Waals surface area contributed by atoms with Gasteiger partial charge in [-0.15, -0.1) is 0 Å². The molecule has 2 fully saturated rings. The zero-order valence-electron chi connectivity index (χ0n) is 8.89. The number of rotatable bonds is 4. The summed E-state index contributed by atoms with van der Waals surface area (Å²) in [6.07, 6.45) is 5.21. The third-order valence-corrected chi connectivity index (χ3v) is 4.51. The molecule has 2 nitrogen and oxygen atoms in total. The van der Waals surface area contributed by atoms with Crippen molar-refractivity contribution < 1.29 is 4.74 Å². The highest BCUT2D eigenvalue weighted by molar-refractivity contribution is 9.10. The standard InChI is InChI=1S/C11H20BrNO/c1-9(10-3-2-6-14-7-10)13-8-11(12)4-5-11/h9-10,13H,2-8H2,1H3/t9-,10-/m1/s1.